The molecule has 0 spiro atoms. The standard InChI is InChI=1S/C11H13N3O3S2/c1-6-8(9(15)16-3)4-7(17-6)5-18-11-14-13-10(12-2)19-11/h4H,5H2,1-3H3,(H,12,13). The Morgan fingerprint density at radius 1 is 1.58 bits per heavy atom. The van der Waals surface area contributed by atoms with Gasteiger partial charge in [0.2, 0.25) is 5.13 Å². The highest BCUT2D eigenvalue weighted by Crippen LogP contribution is 2.29. The zero-order chi connectivity index (χ0) is 13.8. The Morgan fingerprint density at radius 3 is 3.00 bits per heavy atom. The van der Waals surface area contributed by atoms with Crippen molar-refractivity contribution in [1.29, 1.82) is 0 Å². The summed E-state index contributed by atoms with van der Waals surface area (Å²) in [5.74, 6) is 1.49. The molecule has 0 fully saturated rings. The minimum atomic E-state index is -0.383. The van der Waals surface area contributed by atoms with Crippen molar-refractivity contribution in [1.82, 2.24) is 10.2 Å². The van der Waals surface area contributed by atoms with Gasteiger partial charge in [0.15, 0.2) is 4.34 Å². The number of furan rings is 1. The number of hydrogen-bond acceptors (Lipinski definition) is 8. The van der Waals surface area contributed by atoms with Crippen LogP contribution in [0.15, 0.2) is 14.8 Å². The molecular formula is C11H13N3O3S2. The molecule has 0 aromatic carbocycles. The minimum absolute atomic E-state index is 0.383. The molecule has 6 nitrogen and oxygen atoms in total. The molecule has 102 valence electrons. The number of carbonyl (C=O) groups is 1. The minimum Gasteiger partial charge on any atom is -0.465 e. The Hall–Kier alpha value is -1.54. The Labute approximate surface area is 118 Å². The second-order valence-corrected chi connectivity index (χ2v) is 5.79. The first kappa shape index (κ1) is 13.9. The highest BCUT2D eigenvalue weighted by Gasteiger charge is 2.15. The van der Waals surface area contributed by atoms with Gasteiger partial charge in [-0.15, -0.1) is 10.2 Å². The molecule has 0 saturated heterocycles. The van der Waals surface area contributed by atoms with Crippen LogP contribution in [0.2, 0.25) is 0 Å². The van der Waals surface area contributed by atoms with E-state index < -0.39 is 0 Å². The van der Waals surface area contributed by atoms with Crippen LogP contribution in [0.3, 0.4) is 0 Å². The third kappa shape index (κ3) is 3.27. The summed E-state index contributed by atoms with van der Waals surface area (Å²) >= 11 is 2.98. The molecule has 2 rings (SSSR count). The van der Waals surface area contributed by atoms with Gasteiger partial charge in [-0.25, -0.2) is 4.79 Å². The van der Waals surface area contributed by atoms with Crippen LogP contribution in [-0.2, 0) is 10.5 Å². The van der Waals surface area contributed by atoms with E-state index in [0.29, 0.717) is 22.8 Å². The number of nitrogens with one attached hydrogen (secondary N) is 1. The molecule has 0 atom stereocenters. The van der Waals surface area contributed by atoms with Gasteiger partial charge in [-0.2, -0.15) is 0 Å². The van der Waals surface area contributed by atoms with Crippen LogP contribution in [0.1, 0.15) is 21.9 Å². The lowest BCUT2D eigenvalue weighted by Crippen LogP contribution is -2.00. The maximum absolute atomic E-state index is 11.4. The van der Waals surface area contributed by atoms with Crippen molar-refractivity contribution in [2.45, 2.75) is 17.0 Å². The maximum atomic E-state index is 11.4. The Balaban J connectivity index is 2.01. The maximum Gasteiger partial charge on any atom is 0.341 e. The van der Waals surface area contributed by atoms with Crippen LogP contribution < -0.4 is 5.32 Å². The van der Waals surface area contributed by atoms with Crippen LogP contribution in [0.4, 0.5) is 5.13 Å². The van der Waals surface area contributed by atoms with Gasteiger partial charge in [-0.05, 0) is 13.0 Å². The number of ether oxygens (including phenoxy) is 1. The van der Waals surface area contributed by atoms with Crippen molar-refractivity contribution >= 4 is 34.2 Å². The summed E-state index contributed by atoms with van der Waals surface area (Å²) < 4.78 is 11.0. The number of esters is 1. The molecule has 2 aromatic heterocycles. The summed E-state index contributed by atoms with van der Waals surface area (Å²) in [6.07, 6.45) is 0. The molecule has 0 bridgehead atoms. The number of rotatable bonds is 5. The molecule has 0 aliphatic heterocycles. The average Bonchev–Trinajstić information content (AvgIpc) is 3.01. The molecule has 0 saturated carbocycles. The van der Waals surface area contributed by atoms with E-state index in [0.717, 1.165) is 9.47 Å². The van der Waals surface area contributed by atoms with Gasteiger partial charge >= 0.3 is 5.97 Å². The van der Waals surface area contributed by atoms with Gasteiger partial charge in [-0.1, -0.05) is 23.1 Å². The van der Waals surface area contributed by atoms with E-state index in [-0.39, 0.29) is 5.97 Å². The lowest BCUT2D eigenvalue weighted by molar-refractivity contribution is 0.0599. The monoisotopic (exact) mass is 299 g/mol. The van der Waals surface area contributed by atoms with Gasteiger partial charge in [-0.3, -0.25) is 0 Å². The van der Waals surface area contributed by atoms with Crippen molar-refractivity contribution in [3.8, 4) is 0 Å². The Kier molecular flexibility index (Phi) is 4.43. The van der Waals surface area contributed by atoms with Crippen molar-refractivity contribution in [3.05, 3.63) is 23.2 Å². The van der Waals surface area contributed by atoms with Crippen molar-refractivity contribution < 1.29 is 13.9 Å². The quantitative estimate of drug-likeness (QED) is 0.671. The van der Waals surface area contributed by atoms with Crippen LogP contribution in [0, 0.1) is 6.92 Å². The Morgan fingerprint density at radius 2 is 2.37 bits per heavy atom. The van der Waals surface area contributed by atoms with E-state index in [4.69, 9.17) is 4.42 Å². The van der Waals surface area contributed by atoms with Crippen molar-refractivity contribution in [2.75, 3.05) is 19.5 Å². The predicted octanol–water partition coefficient (Wildman–Crippen LogP) is 2.56. The zero-order valence-electron chi connectivity index (χ0n) is 10.7. The number of nitrogens with zero attached hydrogens (tertiary/aromatic N) is 2. The van der Waals surface area contributed by atoms with E-state index in [1.165, 1.54) is 30.2 Å². The average molecular weight is 299 g/mol. The van der Waals surface area contributed by atoms with E-state index in [9.17, 15) is 4.79 Å². The fraction of sp³-hybridized carbons (Fsp3) is 0.364. The number of aromatic nitrogens is 2. The van der Waals surface area contributed by atoms with Gasteiger partial charge in [0, 0.05) is 7.05 Å². The molecule has 2 heterocycles. The van der Waals surface area contributed by atoms with Crippen LogP contribution in [0.5, 0.6) is 0 Å². The van der Waals surface area contributed by atoms with Gasteiger partial charge in [0.1, 0.15) is 17.1 Å². The fourth-order valence-electron chi connectivity index (χ4n) is 1.43. The Bertz CT molecular complexity index is 580. The molecule has 8 heteroatoms. The number of aryl methyl sites for hydroxylation is 1. The van der Waals surface area contributed by atoms with E-state index >= 15 is 0 Å². The SMILES string of the molecule is CNc1nnc(SCc2cc(C(=O)OC)c(C)o2)s1. The molecule has 2 aromatic rings. The third-order valence-electron chi connectivity index (χ3n) is 2.33. The summed E-state index contributed by atoms with van der Waals surface area (Å²) in [6, 6.07) is 1.70. The normalized spacial score (nSPS) is 10.5. The first-order valence-electron chi connectivity index (χ1n) is 5.45. The highest BCUT2D eigenvalue weighted by atomic mass is 32.2. The van der Waals surface area contributed by atoms with Crippen LogP contribution in [0.25, 0.3) is 0 Å². The molecule has 0 unspecified atom stereocenters. The largest absolute Gasteiger partial charge is 0.465 e. The molecule has 0 aliphatic carbocycles. The number of anilines is 1. The van der Waals surface area contributed by atoms with Crippen LogP contribution in [-0.4, -0.2) is 30.3 Å². The number of carbonyl (C=O) groups excluding carboxylic acids is 1. The lowest BCUT2D eigenvalue weighted by Gasteiger charge is -1.93. The van der Waals surface area contributed by atoms with E-state index in [1.807, 2.05) is 0 Å². The predicted molar refractivity (Wildman–Crippen MR) is 73.8 cm³/mol. The number of hydrogen-bond donors (Lipinski definition) is 1. The smallest absolute Gasteiger partial charge is 0.341 e. The molecule has 19 heavy (non-hydrogen) atoms. The van der Waals surface area contributed by atoms with Gasteiger partial charge < -0.3 is 14.5 Å². The summed E-state index contributed by atoms with van der Waals surface area (Å²) in [7, 11) is 3.15. The van der Waals surface area contributed by atoms with Crippen LogP contribution >= 0.6 is 23.1 Å². The second kappa shape index (κ2) is 6.07. The van der Waals surface area contributed by atoms with Crippen molar-refractivity contribution in [2.24, 2.45) is 0 Å². The summed E-state index contributed by atoms with van der Waals surface area (Å²) in [5, 5.41) is 11.7. The molecule has 0 aliphatic rings. The van der Waals surface area contributed by atoms with Gasteiger partial charge in [0.05, 0.1) is 12.9 Å². The summed E-state index contributed by atoms with van der Waals surface area (Å²) in [4.78, 5) is 11.4. The molecular weight excluding hydrogens is 286 g/mol. The topological polar surface area (TPSA) is 77.2 Å². The first-order valence-corrected chi connectivity index (χ1v) is 7.26. The number of thioether (sulfide) groups is 1. The fourth-order valence-corrected chi connectivity index (χ4v) is 3.02. The van der Waals surface area contributed by atoms with E-state index in [2.05, 4.69) is 20.3 Å². The summed E-state index contributed by atoms with van der Waals surface area (Å²) in [6.45, 7) is 1.74. The molecule has 0 amide bonds. The lowest BCUT2D eigenvalue weighted by atomic mass is 10.2. The number of methoxy groups -OCH3 is 1. The molecule has 0 radical (unpaired) electrons. The third-order valence-corrected chi connectivity index (χ3v) is 4.43. The summed E-state index contributed by atoms with van der Waals surface area (Å²) in [5.41, 5.74) is 0.464. The van der Waals surface area contributed by atoms with E-state index in [1.54, 1.807) is 20.0 Å². The van der Waals surface area contributed by atoms with Gasteiger partial charge in [0.25, 0.3) is 0 Å². The second-order valence-electron chi connectivity index (χ2n) is 3.59. The zero-order valence-corrected chi connectivity index (χ0v) is 12.4. The van der Waals surface area contributed by atoms with Crippen molar-refractivity contribution in [3.63, 3.8) is 0 Å². The first-order chi connectivity index (χ1) is 9.13. The molecule has 1 N–H and O–H groups in total. The highest BCUT2D eigenvalue weighted by molar-refractivity contribution is 8.00.